The highest BCUT2D eigenvalue weighted by Crippen LogP contribution is 2.24. The Labute approximate surface area is 194 Å². The Morgan fingerprint density at radius 2 is 1.79 bits per heavy atom. The zero-order chi connectivity index (χ0) is 20.6. The van der Waals surface area contributed by atoms with Crippen molar-refractivity contribution < 1.29 is 5.11 Å². The second-order valence-corrected chi connectivity index (χ2v) is 9.07. The molecule has 1 aromatic carbocycles. The zero-order valence-electron chi connectivity index (χ0n) is 18.9. The molecule has 1 heterocycles. The molecule has 1 aromatic rings. The number of hydrogen-bond donors (Lipinski definition) is 3. The number of nitrogens with zero attached hydrogens (tertiary/aromatic N) is 2. The van der Waals surface area contributed by atoms with Crippen LogP contribution < -0.4 is 10.6 Å². The number of hydrogen-bond acceptors (Lipinski definition) is 3. The van der Waals surface area contributed by atoms with E-state index in [9.17, 15) is 5.11 Å². The first-order valence-corrected chi connectivity index (χ1v) is 10.8. The van der Waals surface area contributed by atoms with Crippen molar-refractivity contribution in [3.8, 4) is 0 Å². The van der Waals surface area contributed by atoms with Crippen LogP contribution in [-0.2, 0) is 5.41 Å². The summed E-state index contributed by atoms with van der Waals surface area (Å²) in [7, 11) is 2.20. The molecule has 5 nitrogen and oxygen atoms in total. The van der Waals surface area contributed by atoms with Gasteiger partial charge in [0.15, 0.2) is 5.96 Å². The Hall–Kier alpha value is -0.860. The molecule has 1 saturated heterocycles. The molecule has 29 heavy (non-hydrogen) atoms. The first-order chi connectivity index (χ1) is 13.3. The van der Waals surface area contributed by atoms with Crippen LogP contribution in [0.25, 0.3) is 0 Å². The highest BCUT2D eigenvalue weighted by Gasteiger charge is 2.17. The van der Waals surface area contributed by atoms with Crippen LogP contribution >= 0.6 is 24.0 Å². The first-order valence-electron chi connectivity index (χ1n) is 10.8. The smallest absolute Gasteiger partial charge is 0.191 e. The summed E-state index contributed by atoms with van der Waals surface area (Å²) >= 11 is 0. The maximum atomic E-state index is 10.5. The number of guanidine groups is 1. The van der Waals surface area contributed by atoms with E-state index in [2.05, 4.69) is 67.4 Å². The number of aliphatic hydroxyl groups is 1. The van der Waals surface area contributed by atoms with E-state index in [0.29, 0.717) is 6.54 Å². The van der Waals surface area contributed by atoms with Gasteiger partial charge in [0.2, 0.25) is 0 Å². The summed E-state index contributed by atoms with van der Waals surface area (Å²) in [6.07, 6.45) is 3.16. The third-order valence-electron chi connectivity index (χ3n) is 5.61. The molecule has 1 fully saturated rings. The van der Waals surface area contributed by atoms with Crippen molar-refractivity contribution in [2.75, 3.05) is 39.8 Å². The normalized spacial score (nSPS) is 17.5. The van der Waals surface area contributed by atoms with Crippen molar-refractivity contribution in [1.29, 1.82) is 0 Å². The Morgan fingerprint density at radius 1 is 1.17 bits per heavy atom. The van der Waals surface area contributed by atoms with Gasteiger partial charge in [0.1, 0.15) is 0 Å². The van der Waals surface area contributed by atoms with Gasteiger partial charge in [0, 0.05) is 13.1 Å². The van der Waals surface area contributed by atoms with Gasteiger partial charge in [-0.2, -0.15) is 0 Å². The second kappa shape index (κ2) is 12.7. The summed E-state index contributed by atoms with van der Waals surface area (Å²) in [6.45, 7) is 13.2. The van der Waals surface area contributed by atoms with E-state index in [1.807, 2.05) is 12.1 Å². The topological polar surface area (TPSA) is 59.9 Å². The Balaban J connectivity index is 0.00000420. The van der Waals surface area contributed by atoms with Gasteiger partial charge in [-0.05, 0) is 68.8 Å². The first kappa shape index (κ1) is 26.2. The molecule has 3 N–H and O–H groups in total. The molecule has 1 unspecified atom stereocenters. The van der Waals surface area contributed by atoms with E-state index >= 15 is 0 Å². The average molecular weight is 517 g/mol. The number of nitrogens with one attached hydrogen (secondary N) is 2. The molecule has 0 saturated carbocycles. The molecule has 0 bridgehead atoms. The largest absolute Gasteiger partial charge is 0.386 e. The lowest BCUT2D eigenvalue weighted by molar-refractivity contribution is 0.187. The summed E-state index contributed by atoms with van der Waals surface area (Å²) in [5, 5.41) is 17.2. The number of halogens is 1. The van der Waals surface area contributed by atoms with Crippen LogP contribution in [0.4, 0.5) is 0 Å². The molecular weight excluding hydrogens is 475 g/mol. The van der Waals surface area contributed by atoms with Crippen LogP contribution in [0, 0.1) is 5.92 Å². The van der Waals surface area contributed by atoms with E-state index in [1.54, 1.807) is 0 Å². The summed E-state index contributed by atoms with van der Waals surface area (Å²) in [5.41, 5.74) is 2.31. The molecule has 0 amide bonds. The quantitative estimate of drug-likeness (QED) is 0.292. The van der Waals surface area contributed by atoms with Crippen LogP contribution in [0.1, 0.15) is 64.2 Å². The van der Waals surface area contributed by atoms with E-state index in [0.717, 1.165) is 30.5 Å². The maximum Gasteiger partial charge on any atom is 0.191 e. The minimum absolute atomic E-state index is 0. The summed E-state index contributed by atoms with van der Waals surface area (Å²) in [5.74, 6) is 1.60. The third kappa shape index (κ3) is 9.22. The lowest BCUT2D eigenvalue weighted by Gasteiger charge is -2.29. The molecule has 1 aliphatic heterocycles. The number of likely N-dealkylation sites (tertiary alicyclic amines) is 1. The van der Waals surface area contributed by atoms with Crippen LogP contribution in [0.5, 0.6) is 0 Å². The fourth-order valence-corrected chi connectivity index (χ4v) is 3.58. The van der Waals surface area contributed by atoms with Crippen LogP contribution in [0.3, 0.4) is 0 Å². The predicted octanol–water partition coefficient (Wildman–Crippen LogP) is 3.92. The lowest BCUT2D eigenvalue weighted by Crippen LogP contribution is -2.39. The fraction of sp³-hybridized carbons (Fsp3) is 0.696. The maximum absolute atomic E-state index is 10.5. The summed E-state index contributed by atoms with van der Waals surface area (Å²) in [6, 6.07) is 8.24. The molecule has 0 radical (unpaired) electrons. The number of piperidine rings is 1. The van der Waals surface area contributed by atoms with Gasteiger partial charge < -0.3 is 20.6 Å². The van der Waals surface area contributed by atoms with Gasteiger partial charge in [0.25, 0.3) is 0 Å². The van der Waals surface area contributed by atoms with Gasteiger partial charge in [-0.15, -0.1) is 24.0 Å². The van der Waals surface area contributed by atoms with Crippen molar-refractivity contribution in [2.45, 2.75) is 58.5 Å². The van der Waals surface area contributed by atoms with Gasteiger partial charge >= 0.3 is 0 Å². The minimum atomic E-state index is -0.585. The standard InChI is InChI=1S/C23H40N4O.HI/c1-6-24-22(25-14-11-18-12-15-27(5)16-13-18)26-17-21(28)19-7-9-20(10-8-19)23(2,3)4;/h7-10,18,21,28H,6,11-17H2,1-5H3,(H2,24,25,26);1H. The van der Waals surface area contributed by atoms with Crippen molar-refractivity contribution in [3.05, 3.63) is 35.4 Å². The van der Waals surface area contributed by atoms with Crippen molar-refractivity contribution in [3.63, 3.8) is 0 Å². The Morgan fingerprint density at radius 3 is 2.34 bits per heavy atom. The zero-order valence-corrected chi connectivity index (χ0v) is 21.2. The molecule has 1 atom stereocenters. The summed E-state index contributed by atoms with van der Waals surface area (Å²) in [4.78, 5) is 7.00. The van der Waals surface area contributed by atoms with Crippen LogP contribution in [-0.4, -0.2) is 55.7 Å². The minimum Gasteiger partial charge on any atom is -0.386 e. The lowest BCUT2D eigenvalue weighted by atomic mass is 9.86. The number of aliphatic hydroxyl groups excluding tert-OH is 1. The highest BCUT2D eigenvalue weighted by atomic mass is 127. The third-order valence-corrected chi connectivity index (χ3v) is 5.61. The van der Waals surface area contributed by atoms with Crippen molar-refractivity contribution in [1.82, 2.24) is 15.5 Å². The number of aliphatic imine (C=N–C) groups is 1. The molecule has 166 valence electrons. The van der Waals surface area contributed by atoms with Crippen molar-refractivity contribution >= 4 is 29.9 Å². The summed E-state index contributed by atoms with van der Waals surface area (Å²) < 4.78 is 0. The predicted molar refractivity (Wildman–Crippen MR) is 134 cm³/mol. The van der Waals surface area contributed by atoms with E-state index in [1.165, 1.54) is 37.9 Å². The molecular formula is C23H41IN4O. The molecule has 0 spiro atoms. The monoisotopic (exact) mass is 516 g/mol. The molecule has 1 aliphatic rings. The molecule has 2 rings (SSSR count). The van der Waals surface area contributed by atoms with Crippen molar-refractivity contribution in [2.24, 2.45) is 10.9 Å². The molecule has 6 heteroatoms. The van der Waals surface area contributed by atoms with Gasteiger partial charge in [-0.25, -0.2) is 0 Å². The highest BCUT2D eigenvalue weighted by molar-refractivity contribution is 14.0. The average Bonchev–Trinajstić information content (AvgIpc) is 2.67. The van der Waals surface area contributed by atoms with Gasteiger partial charge in [-0.1, -0.05) is 45.0 Å². The Bertz CT molecular complexity index is 604. The van der Waals surface area contributed by atoms with E-state index in [-0.39, 0.29) is 29.4 Å². The van der Waals surface area contributed by atoms with Gasteiger partial charge in [0.05, 0.1) is 12.6 Å². The van der Waals surface area contributed by atoms with Gasteiger partial charge in [-0.3, -0.25) is 4.99 Å². The SMILES string of the molecule is CCNC(=NCC(O)c1ccc(C(C)(C)C)cc1)NCCC1CCN(C)CC1.I. The van der Waals surface area contributed by atoms with Crippen LogP contribution in [0.15, 0.2) is 29.3 Å². The van der Waals surface area contributed by atoms with E-state index in [4.69, 9.17) is 0 Å². The number of rotatable bonds is 7. The van der Waals surface area contributed by atoms with Crippen LogP contribution in [0.2, 0.25) is 0 Å². The fourth-order valence-electron chi connectivity index (χ4n) is 3.58. The Kier molecular flexibility index (Phi) is 11.5. The second-order valence-electron chi connectivity index (χ2n) is 9.07. The molecule has 0 aliphatic carbocycles. The number of benzene rings is 1. The molecule has 0 aromatic heterocycles. The van der Waals surface area contributed by atoms with E-state index < -0.39 is 6.10 Å².